The van der Waals surface area contributed by atoms with E-state index in [0.29, 0.717) is 40.6 Å². The van der Waals surface area contributed by atoms with Crippen LogP contribution in [-0.4, -0.2) is 22.7 Å². The Morgan fingerprint density at radius 1 is 1.00 bits per heavy atom. The Balaban J connectivity index is 1.55. The lowest BCUT2D eigenvalue weighted by Crippen LogP contribution is -2.40. The first-order valence-electron chi connectivity index (χ1n) is 9.83. The summed E-state index contributed by atoms with van der Waals surface area (Å²) in [4.78, 5) is 4.53. The SMILES string of the molecule is N#Cc1ccc(N(Cc2nc3ccc(OCc4ccccc4)cc3o2)N(C=N)C=N)cc1. The minimum Gasteiger partial charge on any atom is -0.489 e. The van der Waals surface area contributed by atoms with Crippen LogP contribution < -0.4 is 9.75 Å². The third kappa shape index (κ3) is 4.57. The number of hydrogen-bond donors (Lipinski definition) is 2. The second-order valence-corrected chi connectivity index (χ2v) is 6.87. The molecule has 4 aromatic rings. The summed E-state index contributed by atoms with van der Waals surface area (Å²) in [5.41, 5.74) is 3.55. The van der Waals surface area contributed by atoms with Gasteiger partial charge in [0, 0.05) is 6.07 Å². The lowest BCUT2D eigenvalue weighted by Gasteiger charge is -2.30. The Labute approximate surface area is 184 Å². The largest absolute Gasteiger partial charge is 0.489 e. The standard InChI is InChI=1S/C24H20N6O2/c25-13-18-6-8-20(9-7-18)30(29(16-26)17-27)14-24-28-22-11-10-21(12-23(22)32-24)31-15-19-4-2-1-3-5-19/h1-12,16-17,26-27H,14-15H2. The smallest absolute Gasteiger partial charge is 0.217 e. The average Bonchev–Trinajstić information content (AvgIpc) is 3.25. The molecule has 3 aromatic carbocycles. The van der Waals surface area contributed by atoms with Crippen molar-refractivity contribution in [1.29, 1.82) is 16.1 Å². The van der Waals surface area contributed by atoms with Crippen LogP contribution in [0.3, 0.4) is 0 Å². The highest BCUT2D eigenvalue weighted by Crippen LogP contribution is 2.25. The molecule has 0 spiro atoms. The number of nitrogens with zero attached hydrogens (tertiary/aromatic N) is 4. The van der Waals surface area contributed by atoms with E-state index >= 15 is 0 Å². The van der Waals surface area contributed by atoms with Crippen LogP contribution in [-0.2, 0) is 13.2 Å². The van der Waals surface area contributed by atoms with Crippen molar-refractivity contribution in [2.45, 2.75) is 13.2 Å². The predicted molar refractivity (Wildman–Crippen MR) is 122 cm³/mol. The van der Waals surface area contributed by atoms with Crippen molar-refractivity contribution in [2.75, 3.05) is 5.01 Å². The van der Waals surface area contributed by atoms with Crippen molar-refractivity contribution >= 4 is 29.5 Å². The molecule has 0 fully saturated rings. The van der Waals surface area contributed by atoms with E-state index in [1.807, 2.05) is 42.5 Å². The first-order valence-corrected chi connectivity index (χ1v) is 9.83. The molecule has 0 amide bonds. The number of anilines is 1. The third-order valence-corrected chi connectivity index (χ3v) is 4.78. The van der Waals surface area contributed by atoms with Gasteiger partial charge in [-0.1, -0.05) is 30.3 Å². The second-order valence-electron chi connectivity index (χ2n) is 6.87. The van der Waals surface area contributed by atoms with Gasteiger partial charge in [-0.15, -0.1) is 0 Å². The van der Waals surface area contributed by atoms with Gasteiger partial charge in [-0.05, 0) is 42.0 Å². The van der Waals surface area contributed by atoms with Crippen LogP contribution in [0.5, 0.6) is 5.75 Å². The molecule has 4 rings (SSSR count). The van der Waals surface area contributed by atoms with E-state index in [1.165, 1.54) is 5.01 Å². The van der Waals surface area contributed by atoms with Gasteiger partial charge in [0.1, 0.15) is 37.1 Å². The van der Waals surface area contributed by atoms with Crippen molar-refractivity contribution in [3.63, 3.8) is 0 Å². The summed E-state index contributed by atoms with van der Waals surface area (Å²) < 4.78 is 11.8. The number of nitriles is 1. The Bertz CT molecular complexity index is 1250. The van der Waals surface area contributed by atoms with Gasteiger partial charge in [-0.25, -0.2) is 9.99 Å². The number of hydrogen-bond acceptors (Lipinski definition) is 7. The van der Waals surface area contributed by atoms with Crippen LogP contribution in [0.2, 0.25) is 0 Å². The third-order valence-electron chi connectivity index (χ3n) is 4.78. The fraction of sp³-hybridized carbons (Fsp3) is 0.0833. The quantitative estimate of drug-likeness (QED) is 0.228. The van der Waals surface area contributed by atoms with Crippen molar-refractivity contribution in [3.05, 3.63) is 89.8 Å². The number of aromatic nitrogens is 1. The summed E-state index contributed by atoms with van der Waals surface area (Å²) in [7, 11) is 0. The van der Waals surface area contributed by atoms with E-state index in [-0.39, 0.29) is 6.54 Å². The maximum absolute atomic E-state index is 9.03. The van der Waals surface area contributed by atoms with E-state index in [0.717, 1.165) is 18.2 Å². The summed E-state index contributed by atoms with van der Waals surface area (Å²) in [6, 6.07) is 24.3. The van der Waals surface area contributed by atoms with Gasteiger partial charge in [0.15, 0.2) is 5.58 Å². The molecule has 8 heteroatoms. The van der Waals surface area contributed by atoms with Gasteiger partial charge in [0.05, 0.1) is 17.3 Å². The van der Waals surface area contributed by atoms with Crippen LogP contribution in [0.1, 0.15) is 17.0 Å². The van der Waals surface area contributed by atoms with E-state index in [2.05, 4.69) is 11.1 Å². The zero-order chi connectivity index (χ0) is 22.3. The molecule has 1 aromatic heterocycles. The molecule has 158 valence electrons. The highest BCUT2D eigenvalue weighted by atomic mass is 16.5. The Kier molecular flexibility index (Phi) is 6.09. The van der Waals surface area contributed by atoms with E-state index < -0.39 is 0 Å². The monoisotopic (exact) mass is 424 g/mol. The Hall–Kier alpha value is -4.64. The second kappa shape index (κ2) is 9.45. The maximum Gasteiger partial charge on any atom is 0.217 e. The van der Waals surface area contributed by atoms with Crippen molar-refractivity contribution < 1.29 is 9.15 Å². The molecular formula is C24H20N6O2. The summed E-state index contributed by atoms with van der Waals surface area (Å²) in [5.74, 6) is 1.09. The van der Waals surface area contributed by atoms with Gasteiger partial charge in [-0.3, -0.25) is 15.8 Å². The highest BCUT2D eigenvalue weighted by molar-refractivity contribution is 5.76. The summed E-state index contributed by atoms with van der Waals surface area (Å²) in [6.45, 7) is 0.638. The minimum atomic E-state index is 0.186. The van der Waals surface area contributed by atoms with Gasteiger partial charge in [0.2, 0.25) is 5.89 Å². The number of benzene rings is 3. The zero-order valence-corrected chi connectivity index (χ0v) is 17.1. The number of rotatable bonds is 9. The molecule has 0 radical (unpaired) electrons. The molecule has 0 atom stereocenters. The molecule has 1 heterocycles. The van der Waals surface area contributed by atoms with Crippen molar-refractivity contribution in [1.82, 2.24) is 9.99 Å². The van der Waals surface area contributed by atoms with E-state index in [4.69, 9.17) is 25.2 Å². The lowest BCUT2D eigenvalue weighted by molar-refractivity contribution is 0.306. The lowest BCUT2D eigenvalue weighted by atomic mass is 10.2. The van der Waals surface area contributed by atoms with E-state index in [1.54, 1.807) is 35.3 Å². The molecule has 8 nitrogen and oxygen atoms in total. The molecule has 0 aliphatic carbocycles. The number of oxazole rings is 1. The first-order chi connectivity index (χ1) is 15.7. The zero-order valence-electron chi connectivity index (χ0n) is 17.1. The molecule has 0 saturated carbocycles. The number of fused-ring (bicyclic) bond motifs is 1. The van der Waals surface area contributed by atoms with Crippen LogP contribution in [0, 0.1) is 22.1 Å². The fourth-order valence-electron chi connectivity index (χ4n) is 3.17. The summed E-state index contributed by atoms with van der Waals surface area (Å²) in [5, 5.41) is 27.2. The topological polar surface area (TPSA) is 113 Å². The maximum atomic E-state index is 9.03. The van der Waals surface area contributed by atoms with Gasteiger partial charge in [-0.2, -0.15) is 5.26 Å². The van der Waals surface area contributed by atoms with Crippen LogP contribution in [0.15, 0.2) is 77.2 Å². The van der Waals surface area contributed by atoms with Gasteiger partial charge >= 0.3 is 0 Å². The molecular weight excluding hydrogens is 404 g/mol. The molecule has 0 bridgehead atoms. The van der Waals surface area contributed by atoms with Crippen LogP contribution in [0.25, 0.3) is 11.1 Å². The molecule has 0 aliphatic rings. The van der Waals surface area contributed by atoms with E-state index in [9.17, 15) is 0 Å². The van der Waals surface area contributed by atoms with Gasteiger partial charge < -0.3 is 9.15 Å². The first kappa shape index (κ1) is 20.6. The molecule has 0 aliphatic heterocycles. The normalized spacial score (nSPS) is 10.3. The van der Waals surface area contributed by atoms with Crippen molar-refractivity contribution in [3.8, 4) is 11.8 Å². The predicted octanol–water partition coefficient (Wildman–Crippen LogP) is 4.72. The highest BCUT2D eigenvalue weighted by Gasteiger charge is 2.17. The van der Waals surface area contributed by atoms with Crippen LogP contribution >= 0.6 is 0 Å². The number of nitrogens with one attached hydrogen (secondary N) is 2. The fourth-order valence-corrected chi connectivity index (χ4v) is 3.17. The van der Waals surface area contributed by atoms with Gasteiger partial charge in [0.25, 0.3) is 0 Å². The molecule has 0 saturated heterocycles. The number of hydrazine groups is 1. The average molecular weight is 424 g/mol. The minimum absolute atomic E-state index is 0.186. The molecule has 0 unspecified atom stereocenters. The molecule has 2 N–H and O–H groups in total. The van der Waals surface area contributed by atoms with Crippen molar-refractivity contribution in [2.24, 2.45) is 0 Å². The van der Waals surface area contributed by atoms with Crippen LogP contribution in [0.4, 0.5) is 5.69 Å². The summed E-state index contributed by atoms with van der Waals surface area (Å²) in [6.07, 6.45) is 2.03. The number of ether oxygens (including phenoxy) is 1. The summed E-state index contributed by atoms with van der Waals surface area (Å²) >= 11 is 0. The molecule has 32 heavy (non-hydrogen) atoms. The Morgan fingerprint density at radius 3 is 2.44 bits per heavy atom. The Morgan fingerprint density at radius 2 is 1.75 bits per heavy atom.